The zero-order valence-electron chi connectivity index (χ0n) is 13.3. The van der Waals surface area contributed by atoms with Crippen molar-refractivity contribution in [3.8, 4) is 5.75 Å². The van der Waals surface area contributed by atoms with Gasteiger partial charge in [0.2, 0.25) is 0 Å². The average molecular weight is 336 g/mol. The molecule has 0 radical (unpaired) electrons. The van der Waals surface area contributed by atoms with Gasteiger partial charge in [-0.2, -0.15) is 0 Å². The van der Waals surface area contributed by atoms with Crippen LogP contribution in [0.4, 0.5) is 0 Å². The summed E-state index contributed by atoms with van der Waals surface area (Å²) in [4.78, 5) is 13.6. The molecule has 1 heterocycles. The molecule has 2 rings (SSSR count). The first kappa shape index (κ1) is 17.7. The maximum absolute atomic E-state index is 11.1. The van der Waals surface area contributed by atoms with Crippen molar-refractivity contribution < 1.29 is 13.7 Å². The quantitative estimate of drug-likeness (QED) is 0.578. The molecule has 0 atom stereocenters. The fraction of sp³-hybridized carbons (Fsp3) is 0.529. The van der Waals surface area contributed by atoms with Gasteiger partial charge in [-0.15, -0.1) is 0 Å². The third kappa shape index (κ3) is 6.97. The fourth-order valence-corrected chi connectivity index (χ4v) is 2.84. The number of ether oxygens (including phenoxy) is 1. The van der Waals surface area contributed by atoms with E-state index in [9.17, 15) is 9.00 Å². The van der Waals surface area contributed by atoms with Crippen LogP contribution in [0.5, 0.6) is 5.75 Å². The van der Waals surface area contributed by atoms with E-state index in [-0.39, 0.29) is 17.2 Å². The molecule has 1 amide bonds. The molecule has 1 aromatic rings. The van der Waals surface area contributed by atoms with Gasteiger partial charge in [0.1, 0.15) is 5.75 Å². The molecule has 1 saturated heterocycles. The van der Waals surface area contributed by atoms with E-state index in [0.29, 0.717) is 19.6 Å². The number of amides is 1. The van der Waals surface area contributed by atoms with Gasteiger partial charge in [-0.05, 0) is 50.0 Å². The van der Waals surface area contributed by atoms with Gasteiger partial charge in [-0.1, -0.05) is 18.6 Å². The summed E-state index contributed by atoms with van der Waals surface area (Å²) in [5.74, 6) is 0.529. The molecule has 0 bridgehead atoms. The summed E-state index contributed by atoms with van der Waals surface area (Å²) in [6, 6.07) is 8.21. The van der Waals surface area contributed by atoms with Gasteiger partial charge >= 0.3 is 0 Å². The van der Waals surface area contributed by atoms with E-state index < -0.39 is 0 Å². The van der Waals surface area contributed by atoms with Crippen molar-refractivity contribution in [3.05, 3.63) is 29.8 Å². The lowest BCUT2D eigenvalue weighted by Crippen LogP contribution is -2.29. The van der Waals surface area contributed by atoms with Crippen LogP contribution < -0.4 is 10.1 Å². The molecule has 1 aromatic carbocycles. The van der Waals surface area contributed by atoms with Gasteiger partial charge < -0.3 is 10.1 Å². The second-order valence-electron chi connectivity index (χ2n) is 5.69. The lowest BCUT2D eigenvalue weighted by molar-refractivity contribution is -0.114. The molecule has 5 nitrogen and oxygen atoms in total. The largest absolute Gasteiger partial charge is 0.494 e. The molecular formula is C17H24N2O3S. The van der Waals surface area contributed by atoms with Crippen LogP contribution in [0.15, 0.2) is 24.3 Å². The molecule has 1 aliphatic heterocycles. The number of likely N-dealkylation sites (tertiary alicyclic amines) is 1. The smallest absolute Gasteiger partial charge is 0.257 e. The summed E-state index contributed by atoms with van der Waals surface area (Å²) in [5, 5.41) is 3.65. The molecule has 0 saturated carbocycles. The Kier molecular flexibility index (Phi) is 7.83. The lowest BCUT2D eigenvalue weighted by Gasteiger charge is -2.26. The van der Waals surface area contributed by atoms with E-state index in [4.69, 9.17) is 4.74 Å². The number of nitrogens with one attached hydrogen (secondary N) is 1. The Morgan fingerprint density at radius 2 is 2.13 bits per heavy atom. The summed E-state index contributed by atoms with van der Waals surface area (Å²) in [7, 11) is 0. The van der Waals surface area contributed by atoms with Crippen LogP contribution in [-0.4, -0.2) is 46.6 Å². The molecule has 0 spiro atoms. The van der Waals surface area contributed by atoms with Crippen LogP contribution in [0.25, 0.3) is 0 Å². The Balaban J connectivity index is 1.70. The van der Waals surface area contributed by atoms with Gasteiger partial charge in [0, 0.05) is 13.1 Å². The molecule has 0 unspecified atom stereocenters. The minimum Gasteiger partial charge on any atom is -0.494 e. The fourth-order valence-electron chi connectivity index (χ4n) is 2.67. The molecule has 23 heavy (non-hydrogen) atoms. The van der Waals surface area contributed by atoms with Crippen LogP contribution >= 0.6 is 0 Å². The highest BCUT2D eigenvalue weighted by atomic mass is 32.1. The monoisotopic (exact) mass is 336 g/mol. The average Bonchev–Trinajstić information content (AvgIpc) is 2.56. The van der Waals surface area contributed by atoms with E-state index in [1.807, 2.05) is 12.1 Å². The molecule has 1 aliphatic rings. The first-order chi connectivity index (χ1) is 11.3. The van der Waals surface area contributed by atoms with Crippen molar-refractivity contribution in [2.45, 2.75) is 32.2 Å². The highest BCUT2D eigenvalue weighted by Gasteiger charge is 2.10. The topological polar surface area (TPSA) is 58.6 Å². The van der Waals surface area contributed by atoms with Crippen LogP contribution in [0.2, 0.25) is 0 Å². The molecule has 1 fully saturated rings. The van der Waals surface area contributed by atoms with Crippen LogP contribution in [-0.2, 0) is 22.6 Å². The number of piperidine rings is 1. The molecule has 0 aliphatic carbocycles. The van der Waals surface area contributed by atoms with Gasteiger partial charge in [0.05, 0.1) is 23.2 Å². The van der Waals surface area contributed by atoms with Gasteiger partial charge in [-0.25, -0.2) is 4.21 Å². The number of nitrogens with zero attached hydrogens (tertiary/aromatic N) is 1. The summed E-state index contributed by atoms with van der Waals surface area (Å²) in [5.41, 5.74) is 1.28. The third-order valence-electron chi connectivity index (χ3n) is 3.80. The van der Waals surface area contributed by atoms with Gasteiger partial charge in [-0.3, -0.25) is 9.69 Å². The second-order valence-corrected chi connectivity index (χ2v) is 6.12. The Labute approximate surface area is 141 Å². The number of carbonyl (C=O) groups excluding carboxylic acids is 1. The zero-order valence-corrected chi connectivity index (χ0v) is 14.1. The van der Waals surface area contributed by atoms with Gasteiger partial charge in [0.15, 0.2) is 0 Å². The molecule has 1 N–H and O–H groups in total. The standard InChI is InChI=1S/C17H24N2O3S/c20-17(14-23-21)18-8-5-11-22-16-7-4-6-15(12-16)13-19-9-2-1-3-10-19/h4,6-7,12,14H,1-3,5,8-11,13H2,(H,18,20). The molecular weight excluding hydrogens is 312 g/mol. The Morgan fingerprint density at radius 1 is 1.30 bits per heavy atom. The van der Waals surface area contributed by atoms with Crippen LogP contribution in [0.3, 0.4) is 0 Å². The minimum absolute atomic E-state index is 0.164. The van der Waals surface area contributed by atoms with E-state index in [2.05, 4.69) is 22.3 Å². The number of hydrogen-bond donors (Lipinski definition) is 1. The first-order valence-corrected chi connectivity index (χ1v) is 8.92. The first-order valence-electron chi connectivity index (χ1n) is 8.12. The van der Waals surface area contributed by atoms with Crippen molar-refractivity contribution in [1.82, 2.24) is 10.2 Å². The number of benzene rings is 1. The van der Waals surface area contributed by atoms with E-state index in [1.165, 1.54) is 37.9 Å². The summed E-state index contributed by atoms with van der Waals surface area (Å²) < 4.78 is 15.9. The van der Waals surface area contributed by atoms with E-state index >= 15 is 0 Å². The summed E-state index contributed by atoms with van der Waals surface area (Å²) >= 11 is 0.164. The minimum atomic E-state index is -0.339. The van der Waals surface area contributed by atoms with Crippen molar-refractivity contribution in [1.29, 1.82) is 0 Å². The van der Waals surface area contributed by atoms with Crippen molar-refractivity contribution in [2.75, 3.05) is 26.2 Å². The predicted molar refractivity (Wildman–Crippen MR) is 92.9 cm³/mol. The normalized spacial score (nSPS) is 15.0. The maximum Gasteiger partial charge on any atom is 0.257 e. The summed E-state index contributed by atoms with van der Waals surface area (Å²) in [6.07, 6.45) is 4.65. The lowest BCUT2D eigenvalue weighted by atomic mass is 10.1. The Bertz CT molecular complexity index is 553. The Hall–Kier alpha value is -1.66. The number of rotatable bonds is 8. The van der Waals surface area contributed by atoms with E-state index in [1.54, 1.807) is 0 Å². The summed E-state index contributed by atoms with van der Waals surface area (Å²) in [6.45, 7) is 4.39. The highest BCUT2D eigenvalue weighted by molar-refractivity contribution is 7.66. The molecule has 126 valence electrons. The third-order valence-corrected chi connectivity index (χ3v) is 4.11. The predicted octanol–water partition coefficient (Wildman–Crippen LogP) is 1.57. The van der Waals surface area contributed by atoms with Crippen LogP contribution in [0, 0.1) is 0 Å². The van der Waals surface area contributed by atoms with Crippen molar-refractivity contribution >= 4 is 22.5 Å². The number of carbonyl (C=O) groups is 1. The van der Waals surface area contributed by atoms with Crippen molar-refractivity contribution in [3.63, 3.8) is 0 Å². The zero-order chi connectivity index (χ0) is 16.3. The van der Waals surface area contributed by atoms with Crippen molar-refractivity contribution in [2.24, 2.45) is 0 Å². The Morgan fingerprint density at radius 3 is 2.91 bits per heavy atom. The van der Waals surface area contributed by atoms with E-state index in [0.717, 1.165) is 17.7 Å². The SMILES string of the molecule is O=S=CC(=O)NCCCOc1cccc(CN2CCCCC2)c1. The highest BCUT2D eigenvalue weighted by Crippen LogP contribution is 2.17. The van der Waals surface area contributed by atoms with Crippen LogP contribution in [0.1, 0.15) is 31.2 Å². The molecule has 6 heteroatoms. The second kappa shape index (κ2) is 10.2. The molecule has 0 aromatic heterocycles. The van der Waals surface area contributed by atoms with Gasteiger partial charge in [0.25, 0.3) is 5.91 Å². The number of hydrogen-bond acceptors (Lipinski definition) is 4. The maximum atomic E-state index is 11.1.